The molecule has 9 rings (SSSR count). The molecule has 0 radical (unpaired) electrons. The molecule has 0 spiro atoms. The van der Waals surface area contributed by atoms with Gasteiger partial charge >= 0.3 is 0 Å². The minimum Gasteiger partial charge on any atom is -0.494 e. The summed E-state index contributed by atoms with van der Waals surface area (Å²) in [6, 6.07) is 20.8. The molecule has 1 aliphatic heterocycles. The highest BCUT2D eigenvalue weighted by molar-refractivity contribution is 6.00. The molecule has 3 aliphatic rings. The summed E-state index contributed by atoms with van der Waals surface area (Å²) in [5, 5.41) is 2.17. The van der Waals surface area contributed by atoms with Crippen molar-refractivity contribution in [3.8, 4) is 28.5 Å². The van der Waals surface area contributed by atoms with E-state index < -0.39 is 0 Å². The van der Waals surface area contributed by atoms with E-state index in [4.69, 9.17) is 20.4 Å². The van der Waals surface area contributed by atoms with Crippen molar-refractivity contribution in [3.63, 3.8) is 0 Å². The number of methoxy groups -OCH3 is 1. The molecule has 2 unspecified atom stereocenters. The van der Waals surface area contributed by atoms with Crippen molar-refractivity contribution in [3.05, 3.63) is 72.4 Å². The number of nitrogens with zero attached hydrogens (tertiary/aromatic N) is 6. The first kappa shape index (κ1) is 26.6. The number of nitrogens with two attached hydrogens (primary N) is 1. The first-order valence-corrected chi connectivity index (χ1v) is 15.9. The van der Waals surface area contributed by atoms with Gasteiger partial charge < -0.3 is 24.5 Å². The van der Waals surface area contributed by atoms with Gasteiger partial charge in [-0.3, -0.25) is 9.78 Å². The fourth-order valence-electron chi connectivity index (χ4n) is 7.72. The van der Waals surface area contributed by atoms with Gasteiger partial charge in [0.25, 0.3) is 5.91 Å². The fraction of sp³-hybridized carbons (Fsp3) is 0.333. The van der Waals surface area contributed by atoms with E-state index in [2.05, 4.69) is 56.6 Å². The molecule has 2 aliphatic carbocycles. The van der Waals surface area contributed by atoms with E-state index in [-0.39, 0.29) is 18.0 Å². The summed E-state index contributed by atoms with van der Waals surface area (Å²) in [5.41, 5.74) is 13.6. The molecule has 226 valence electrons. The number of hydrogen-bond acceptors (Lipinski definition) is 6. The number of fused-ring (bicyclic) bond motifs is 5. The van der Waals surface area contributed by atoms with Crippen LogP contribution in [0.25, 0.3) is 55.7 Å². The zero-order chi connectivity index (χ0) is 30.4. The number of imidazole rings is 1. The van der Waals surface area contributed by atoms with E-state index >= 15 is 0 Å². The smallest absolute Gasteiger partial charge is 0.254 e. The number of ether oxygens (including phenoxy) is 1. The zero-order valence-electron chi connectivity index (χ0n) is 25.5. The second-order valence-corrected chi connectivity index (χ2v) is 13.1. The number of pyridine rings is 2. The van der Waals surface area contributed by atoms with Crippen LogP contribution in [0.4, 0.5) is 0 Å². The molecule has 9 nitrogen and oxygen atoms in total. The van der Waals surface area contributed by atoms with Gasteiger partial charge in [0.15, 0.2) is 5.82 Å². The molecular weight excluding hydrogens is 562 g/mol. The van der Waals surface area contributed by atoms with Crippen LogP contribution in [-0.2, 0) is 13.6 Å². The third kappa shape index (κ3) is 4.17. The number of piperidine rings is 1. The number of amides is 1. The molecule has 2 N–H and O–H groups in total. The zero-order valence-corrected chi connectivity index (χ0v) is 25.5. The van der Waals surface area contributed by atoms with Gasteiger partial charge in [-0.1, -0.05) is 12.1 Å². The van der Waals surface area contributed by atoms with Gasteiger partial charge in [0.05, 0.1) is 29.5 Å². The third-order valence-corrected chi connectivity index (χ3v) is 10.3. The van der Waals surface area contributed by atoms with Crippen molar-refractivity contribution in [2.45, 2.75) is 44.3 Å². The highest BCUT2D eigenvalue weighted by atomic mass is 16.5. The summed E-state index contributed by atoms with van der Waals surface area (Å²) in [7, 11) is 3.68. The lowest BCUT2D eigenvalue weighted by Gasteiger charge is -2.27. The first-order valence-electron chi connectivity index (χ1n) is 15.9. The van der Waals surface area contributed by atoms with Crippen LogP contribution in [0, 0.1) is 11.8 Å². The van der Waals surface area contributed by atoms with Gasteiger partial charge in [0.2, 0.25) is 0 Å². The topological polar surface area (TPSA) is 104 Å². The molecule has 2 bridgehead atoms. The Morgan fingerprint density at radius 1 is 0.978 bits per heavy atom. The number of rotatable bonds is 6. The minimum absolute atomic E-state index is 0.00843. The highest BCUT2D eigenvalue weighted by Crippen LogP contribution is 2.40. The number of hydrogen-bond donors (Lipinski definition) is 1. The molecule has 3 atom stereocenters. The summed E-state index contributed by atoms with van der Waals surface area (Å²) in [5.74, 6) is 2.50. The van der Waals surface area contributed by atoms with Crippen molar-refractivity contribution in [1.82, 2.24) is 29.0 Å². The predicted molar refractivity (Wildman–Crippen MR) is 175 cm³/mol. The third-order valence-electron chi connectivity index (χ3n) is 10.3. The summed E-state index contributed by atoms with van der Waals surface area (Å²) < 4.78 is 10.3. The number of carbonyl (C=O) groups excluding carboxylic acids is 1. The number of aryl methyl sites for hydroxylation is 1. The van der Waals surface area contributed by atoms with Crippen molar-refractivity contribution in [2.24, 2.45) is 24.6 Å². The minimum atomic E-state index is 0.00843. The average Bonchev–Trinajstić information content (AvgIpc) is 3.47. The van der Waals surface area contributed by atoms with E-state index in [1.165, 1.54) is 12.8 Å². The molecule has 45 heavy (non-hydrogen) atoms. The van der Waals surface area contributed by atoms with E-state index in [1.54, 1.807) is 7.11 Å². The highest BCUT2D eigenvalue weighted by Gasteiger charge is 2.47. The average molecular weight is 598 g/mol. The lowest BCUT2D eigenvalue weighted by Crippen LogP contribution is -2.41. The second kappa shape index (κ2) is 9.87. The van der Waals surface area contributed by atoms with Crippen LogP contribution in [0.3, 0.4) is 0 Å². The number of aromatic nitrogens is 5. The molecule has 2 saturated carbocycles. The van der Waals surface area contributed by atoms with Crippen molar-refractivity contribution in [2.75, 3.05) is 13.7 Å². The Kier molecular flexibility index (Phi) is 5.84. The Balaban J connectivity index is 1.15. The Morgan fingerprint density at radius 2 is 1.87 bits per heavy atom. The lowest BCUT2D eigenvalue weighted by atomic mass is 10.1. The molecular formula is C36H35N7O2. The quantitative estimate of drug-likeness (QED) is 0.261. The predicted octanol–water partition coefficient (Wildman–Crippen LogP) is 5.79. The van der Waals surface area contributed by atoms with E-state index in [0.29, 0.717) is 23.1 Å². The Labute approximate surface area is 260 Å². The maximum Gasteiger partial charge on any atom is 0.254 e. The number of benzene rings is 2. The van der Waals surface area contributed by atoms with E-state index in [9.17, 15) is 4.79 Å². The normalized spacial score (nSPS) is 21.0. The van der Waals surface area contributed by atoms with Gasteiger partial charge in [-0.25, -0.2) is 9.97 Å². The maximum absolute atomic E-state index is 13.7. The molecule has 1 amide bonds. The molecule has 3 fully saturated rings. The van der Waals surface area contributed by atoms with Gasteiger partial charge in [0, 0.05) is 60.3 Å². The molecule has 9 heteroatoms. The van der Waals surface area contributed by atoms with Crippen molar-refractivity contribution in [1.29, 1.82) is 0 Å². The Hall–Kier alpha value is -4.76. The van der Waals surface area contributed by atoms with E-state index in [0.717, 1.165) is 81.7 Å². The Morgan fingerprint density at radius 3 is 2.64 bits per heavy atom. The van der Waals surface area contributed by atoms with Crippen LogP contribution in [-0.4, -0.2) is 60.6 Å². The summed E-state index contributed by atoms with van der Waals surface area (Å²) in [6.07, 6.45) is 6.35. The first-order chi connectivity index (χ1) is 22.0. The molecule has 4 aromatic heterocycles. The van der Waals surface area contributed by atoms with Crippen LogP contribution < -0.4 is 10.5 Å². The monoisotopic (exact) mass is 597 g/mol. The van der Waals surface area contributed by atoms with Crippen LogP contribution in [0.2, 0.25) is 0 Å². The summed E-state index contributed by atoms with van der Waals surface area (Å²) in [6.45, 7) is 1.61. The van der Waals surface area contributed by atoms with Crippen LogP contribution in [0.5, 0.6) is 5.75 Å². The maximum atomic E-state index is 13.7. The molecule has 1 saturated heterocycles. The number of carbonyl (C=O) groups is 1. The van der Waals surface area contributed by atoms with Crippen LogP contribution >= 0.6 is 0 Å². The van der Waals surface area contributed by atoms with Crippen molar-refractivity contribution >= 4 is 38.9 Å². The summed E-state index contributed by atoms with van der Waals surface area (Å²) in [4.78, 5) is 30.6. The largest absolute Gasteiger partial charge is 0.494 e. The summed E-state index contributed by atoms with van der Waals surface area (Å²) >= 11 is 0. The van der Waals surface area contributed by atoms with Crippen LogP contribution in [0.15, 0.2) is 66.9 Å². The van der Waals surface area contributed by atoms with Gasteiger partial charge in [0.1, 0.15) is 16.9 Å². The Bertz CT molecular complexity index is 2160. The molecule has 6 aromatic rings. The fourth-order valence-corrected chi connectivity index (χ4v) is 7.72. The second-order valence-electron chi connectivity index (χ2n) is 13.1. The van der Waals surface area contributed by atoms with E-state index in [1.807, 2.05) is 36.3 Å². The molecule has 5 heterocycles. The standard InChI is InChI=1S/C36H35N7O2/c1-41-33-28(15-25(17-31(33)45-2)36(44)43-19-24-9-12-29(43)32(24)37)40-35(41)30-16-23-8-11-27(39-34(23)42(30)18-20-5-6-20)22-7-10-26-21(14-22)4-3-13-38-26/h3-4,7-8,10-11,13-17,20,24,29,32H,5-6,9,12,18-19,37H2,1-2H3/t24?,29?,32-/m1/s1. The van der Waals surface area contributed by atoms with Gasteiger partial charge in [-0.15, -0.1) is 0 Å². The SMILES string of the molecule is COc1cc(C(=O)N2CC3CCC2[C@@H]3N)cc2nc(-c3cc4ccc(-c5ccc6ncccc6c5)nc4n3CC3CC3)n(C)c12. The number of likely N-dealkylation sites (tertiary alicyclic amines) is 1. The van der Waals surface area contributed by atoms with Gasteiger partial charge in [-0.2, -0.15) is 0 Å². The lowest BCUT2D eigenvalue weighted by molar-refractivity contribution is 0.0700. The van der Waals surface area contributed by atoms with Crippen LogP contribution in [0.1, 0.15) is 36.0 Å². The van der Waals surface area contributed by atoms with Gasteiger partial charge in [-0.05, 0) is 86.1 Å². The molecule has 2 aromatic carbocycles. The van der Waals surface area contributed by atoms with Crippen molar-refractivity contribution < 1.29 is 9.53 Å².